The van der Waals surface area contributed by atoms with Gasteiger partial charge in [-0.1, -0.05) is 19.9 Å². The number of carbonyl (C=O) groups excluding carboxylic acids is 1. The van der Waals surface area contributed by atoms with Crippen LogP contribution in [0.15, 0.2) is 24.5 Å². The predicted molar refractivity (Wildman–Crippen MR) is 84.7 cm³/mol. The third-order valence-electron chi connectivity index (χ3n) is 4.46. The van der Waals surface area contributed by atoms with Crippen molar-refractivity contribution in [1.29, 1.82) is 0 Å². The first kappa shape index (κ1) is 16.0. The minimum absolute atomic E-state index is 0.177. The number of pyridine rings is 1. The van der Waals surface area contributed by atoms with Gasteiger partial charge in [-0.05, 0) is 50.4 Å². The summed E-state index contributed by atoms with van der Waals surface area (Å²) in [5, 5.41) is 3.15. The Labute approximate surface area is 127 Å². The summed E-state index contributed by atoms with van der Waals surface area (Å²) in [6, 6.07) is 4.34. The van der Waals surface area contributed by atoms with Gasteiger partial charge in [0.05, 0.1) is 0 Å². The molecule has 4 heteroatoms. The van der Waals surface area contributed by atoms with Crippen LogP contribution in [0.1, 0.15) is 39.2 Å². The molecule has 1 aromatic rings. The second-order valence-corrected chi connectivity index (χ2v) is 6.45. The number of likely N-dealkylation sites (tertiary alicyclic amines) is 1. The lowest BCUT2D eigenvalue weighted by atomic mass is 9.94. The molecular weight excluding hydrogens is 262 g/mol. The fourth-order valence-electron chi connectivity index (χ4n) is 2.61. The van der Waals surface area contributed by atoms with Gasteiger partial charge in [-0.15, -0.1) is 0 Å². The van der Waals surface area contributed by atoms with Gasteiger partial charge in [0, 0.05) is 30.9 Å². The molecule has 1 amide bonds. The average molecular weight is 289 g/mol. The largest absolute Gasteiger partial charge is 0.353 e. The highest BCUT2D eigenvalue weighted by Crippen LogP contribution is 2.19. The zero-order valence-corrected chi connectivity index (χ0v) is 13.4. The van der Waals surface area contributed by atoms with Crippen LogP contribution in [0.5, 0.6) is 0 Å². The molecule has 0 radical (unpaired) electrons. The first-order valence-electron chi connectivity index (χ1n) is 7.98. The van der Waals surface area contributed by atoms with Crippen molar-refractivity contribution in [3.8, 4) is 0 Å². The highest BCUT2D eigenvalue weighted by Gasteiger charge is 2.26. The molecule has 1 saturated heterocycles. The summed E-state index contributed by atoms with van der Waals surface area (Å²) in [6.07, 6.45) is 5.63. The maximum absolute atomic E-state index is 12.2. The van der Waals surface area contributed by atoms with Crippen LogP contribution in [-0.4, -0.2) is 34.9 Å². The molecule has 1 fully saturated rings. The molecule has 1 aliphatic rings. The second kappa shape index (κ2) is 7.55. The Kier molecular flexibility index (Phi) is 5.74. The molecule has 4 nitrogen and oxygen atoms in total. The predicted octanol–water partition coefficient (Wildman–Crippen LogP) is 2.45. The molecule has 1 aromatic heterocycles. The van der Waals surface area contributed by atoms with Gasteiger partial charge >= 0.3 is 0 Å². The Morgan fingerprint density at radius 1 is 1.38 bits per heavy atom. The van der Waals surface area contributed by atoms with Crippen LogP contribution in [0.2, 0.25) is 0 Å². The Bertz CT molecular complexity index is 439. The van der Waals surface area contributed by atoms with Crippen molar-refractivity contribution in [1.82, 2.24) is 15.2 Å². The van der Waals surface area contributed by atoms with Gasteiger partial charge in [0.1, 0.15) is 0 Å². The van der Waals surface area contributed by atoms with E-state index >= 15 is 0 Å². The molecule has 0 saturated carbocycles. The van der Waals surface area contributed by atoms with Gasteiger partial charge in [0.2, 0.25) is 5.91 Å². The summed E-state index contributed by atoms with van der Waals surface area (Å²) in [5.41, 5.74) is 1.24. The molecule has 116 valence electrons. The highest BCUT2D eigenvalue weighted by atomic mass is 16.1. The highest BCUT2D eigenvalue weighted by molar-refractivity contribution is 5.79. The molecule has 21 heavy (non-hydrogen) atoms. The number of piperidine rings is 1. The minimum atomic E-state index is 0.177. The fourth-order valence-corrected chi connectivity index (χ4v) is 2.61. The second-order valence-electron chi connectivity index (χ2n) is 6.45. The monoisotopic (exact) mass is 289 g/mol. The van der Waals surface area contributed by atoms with Crippen LogP contribution in [0.25, 0.3) is 0 Å². The number of nitrogens with one attached hydrogen (secondary N) is 1. The van der Waals surface area contributed by atoms with E-state index in [0.29, 0.717) is 5.92 Å². The van der Waals surface area contributed by atoms with E-state index in [1.54, 1.807) is 6.20 Å². The molecule has 1 N–H and O–H groups in total. The van der Waals surface area contributed by atoms with E-state index in [2.05, 4.69) is 42.0 Å². The van der Waals surface area contributed by atoms with Gasteiger partial charge in [-0.25, -0.2) is 0 Å². The van der Waals surface area contributed by atoms with Crippen LogP contribution >= 0.6 is 0 Å². The number of aromatic nitrogens is 1. The molecule has 2 rings (SSSR count). The summed E-state index contributed by atoms with van der Waals surface area (Å²) < 4.78 is 0. The third kappa shape index (κ3) is 4.81. The third-order valence-corrected chi connectivity index (χ3v) is 4.46. The maximum Gasteiger partial charge on any atom is 0.223 e. The van der Waals surface area contributed by atoms with Gasteiger partial charge in [-0.2, -0.15) is 0 Å². The van der Waals surface area contributed by atoms with Crippen molar-refractivity contribution in [2.45, 2.75) is 46.2 Å². The zero-order valence-electron chi connectivity index (χ0n) is 13.4. The molecule has 1 aliphatic heterocycles. The number of rotatable bonds is 5. The van der Waals surface area contributed by atoms with Crippen molar-refractivity contribution in [3.05, 3.63) is 30.1 Å². The minimum Gasteiger partial charge on any atom is -0.353 e. The van der Waals surface area contributed by atoms with E-state index in [0.717, 1.165) is 32.5 Å². The summed E-state index contributed by atoms with van der Waals surface area (Å²) >= 11 is 0. The van der Waals surface area contributed by atoms with Crippen molar-refractivity contribution in [3.63, 3.8) is 0 Å². The van der Waals surface area contributed by atoms with Gasteiger partial charge < -0.3 is 5.32 Å². The van der Waals surface area contributed by atoms with Gasteiger partial charge in [0.25, 0.3) is 0 Å². The normalized spacial score (nSPS) is 18.7. The van der Waals surface area contributed by atoms with E-state index in [1.807, 2.05) is 12.3 Å². The molecule has 0 aliphatic carbocycles. The SMILES string of the molecule is CC(C)[C@H](C)NC(=O)C1CCN(Cc2cccnc2)CC1. The van der Waals surface area contributed by atoms with E-state index in [1.165, 1.54) is 5.56 Å². The van der Waals surface area contributed by atoms with Crippen LogP contribution in [-0.2, 0) is 11.3 Å². The lowest BCUT2D eigenvalue weighted by molar-refractivity contribution is -0.127. The van der Waals surface area contributed by atoms with Gasteiger partial charge in [-0.3, -0.25) is 14.7 Å². The standard InChI is InChI=1S/C17H27N3O/c1-13(2)14(3)19-17(21)16-6-9-20(10-7-16)12-15-5-4-8-18-11-15/h4-5,8,11,13-14,16H,6-7,9-10,12H2,1-3H3,(H,19,21)/t14-/m0/s1. The van der Waals surface area contributed by atoms with Gasteiger partial charge in [0.15, 0.2) is 0 Å². The van der Waals surface area contributed by atoms with Crippen molar-refractivity contribution < 1.29 is 4.79 Å². The van der Waals surface area contributed by atoms with E-state index in [-0.39, 0.29) is 17.9 Å². The smallest absolute Gasteiger partial charge is 0.223 e. The van der Waals surface area contributed by atoms with Crippen LogP contribution in [0, 0.1) is 11.8 Å². The fraction of sp³-hybridized carbons (Fsp3) is 0.647. The topological polar surface area (TPSA) is 45.2 Å². The zero-order chi connectivity index (χ0) is 15.2. The summed E-state index contributed by atoms with van der Waals surface area (Å²) in [6.45, 7) is 9.28. The number of amides is 1. The van der Waals surface area contributed by atoms with E-state index in [4.69, 9.17) is 0 Å². The Morgan fingerprint density at radius 3 is 2.67 bits per heavy atom. The van der Waals surface area contributed by atoms with E-state index < -0.39 is 0 Å². The summed E-state index contributed by atoms with van der Waals surface area (Å²) in [7, 11) is 0. The average Bonchev–Trinajstić information content (AvgIpc) is 2.48. The molecule has 1 atom stereocenters. The van der Waals surface area contributed by atoms with Crippen molar-refractivity contribution in [2.24, 2.45) is 11.8 Å². The molecule has 0 spiro atoms. The first-order valence-corrected chi connectivity index (χ1v) is 7.98. The van der Waals surface area contributed by atoms with Crippen LogP contribution in [0.4, 0.5) is 0 Å². The van der Waals surface area contributed by atoms with Crippen molar-refractivity contribution in [2.75, 3.05) is 13.1 Å². The van der Waals surface area contributed by atoms with Crippen LogP contribution in [0.3, 0.4) is 0 Å². The van der Waals surface area contributed by atoms with Crippen LogP contribution < -0.4 is 5.32 Å². The van der Waals surface area contributed by atoms with E-state index in [9.17, 15) is 4.79 Å². The number of hydrogen-bond acceptors (Lipinski definition) is 3. The lowest BCUT2D eigenvalue weighted by Gasteiger charge is -2.32. The first-order chi connectivity index (χ1) is 10.1. The lowest BCUT2D eigenvalue weighted by Crippen LogP contribution is -2.44. The quantitative estimate of drug-likeness (QED) is 0.905. The molecular formula is C17H27N3O. The Balaban J connectivity index is 1.76. The molecule has 0 bridgehead atoms. The number of carbonyl (C=O) groups is 1. The molecule has 2 heterocycles. The van der Waals surface area contributed by atoms with Crippen molar-refractivity contribution >= 4 is 5.91 Å². The maximum atomic E-state index is 12.2. The summed E-state index contributed by atoms with van der Waals surface area (Å²) in [5.74, 6) is 0.896. The Morgan fingerprint density at radius 2 is 2.10 bits per heavy atom. The number of hydrogen-bond donors (Lipinski definition) is 1. The number of nitrogens with zero attached hydrogens (tertiary/aromatic N) is 2. The summed E-state index contributed by atoms with van der Waals surface area (Å²) in [4.78, 5) is 18.8. The molecule has 0 unspecified atom stereocenters. The Hall–Kier alpha value is -1.42. The molecule has 0 aromatic carbocycles.